The van der Waals surface area contributed by atoms with Gasteiger partial charge in [-0.15, -0.1) is 0 Å². The lowest BCUT2D eigenvalue weighted by Gasteiger charge is -2.30. The number of amides is 1. The fourth-order valence-corrected chi connectivity index (χ4v) is 4.77. The van der Waals surface area contributed by atoms with Gasteiger partial charge in [0.25, 0.3) is 5.91 Å². The molecule has 2 saturated heterocycles. The molecule has 0 bridgehead atoms. The Kier molecular flexibility index (Phi) is 7.19. The van der Waals surface area contributed by atoms with Crippen molar-refractivity contribution in [3.8, 4) is 0 Å². The Labute approximate surface area is 181 Å². The second-order valence-corrected chi connectivity index (χ2v) is 9.17. The van der Waals surface area contributed by atoms with Gasteiger partial charge < -0.3 is 5.32 Å². The third-order valence-electron chi connectivity index (χ3n) is 6.41. The molecule has 1 amide bonds. The first-order chi connectivity index (χ1) is 14.7. The molecule has 160 valence electrons. The summed E-state index contributed by atoms with van der Waals surface area (Å²) in [4.78, 5) is 17.6. The lowest BCUT2D eigenvalue weighted by atomic mass is 9.99. The SMILES string of the molecule is CC1CCCN(Cc2cccc(CNC(=O)c3ccc(CN4CCCC4)cc3)c2)C1. The van der Waals surface area contributed by atoms with Crippen LogP contribution < -0.4 is 5.32 Å². The largest absolute Gasteiger partial charge is 0.348 e. The number of carbonyl (C=O) groups excluding carboxylic acids is 1. The first-order valence-corrected chi connectivity index (χ1v) is 11.6. The van der Waals surface area contributed by atoms with Gasteiger partial charge in [0.05, 0.1) is 0 Å². The number of nitrogens with zero attached hydrogens (tertiary/aromatic N) is 2. The fourth-order valence-electron chi connectivity index (χ4n) is 4.77. The van der Waals surface area contributed by atoms with E-state index < -0.39 is 0 Å². The van der Waals surface area contributed by atoms with Gasteiger partial charge in [-0.1, -0.05) is 43.3 Å². The number of nitrogens with one attached hydrogen (secondary N) is 1. The van der Waals surface area contributed by atoms with Crippen LogP contribution in [0.5, 0.6) is 0 Å². The molecule has 0 aromatic heterocycles. The zero-order valence-electron chi connectivity index (χ0n) is 18.3. The van der Waals surface area contributed by atoms with Crippen molar-refractivity contribution in [2.45, 2.75) is 52.2 Å². The molecule has 1 atom stereocenters. The van der Waals surface area contributed by atoms with Crippen molar-refractivity contribution in [3.63, 3.8) is 0 Å². The minimum Gasteiger partial charge on any atom is -0.348 e. The van der Waals surface area contributed by atoms with E-state index in [0.29, 0.717) is 6.54 Å². The standard InChI is InChI=1S/C26H35N3O/c1-21-6-5-15-29(18-21)20-24-8-4-7-23(16-24)17-27-26(30)25-11-9-22(10-12-25)19-28-13-2-3-14-28/h4,7-12,16,21H,2-3,5-6,13-15,17-20H2,1H3,(H,27,30). The van der Waals surface area contributed by atoms with Gasteiger partial charge in [0, 0.05) is 31.7 Å². The van der Waals surface area contributed by atoms with Gasteiger partial charge in [0.15, 0.2) is 0 Å². The molecule has 0 saturated carbocycles. The molecule has 2 aromatic rings. The maximum Gasteiger partial charge on any atom is 0.251 e. The normalized spacial score (nSPS) is 20.4. The molecule has 0 aliphatic carbocycles. The monoisotopic (exact) mass is 405 g/mol. The molecule has 2 aromatic carbocycles. The maximum absolute atomic E-state index is 12.6. The molecule has 2 aliphatic rings. The van der Waals surface area contributed by atoms with Crippen molar-refractivity contribution in [2.75, 3.05) is 26.2 Å². The van der Waals surface area contributed by atoms with E-state index in [1.165, 1.54) is 63.0 Å². The number of likely N-dealkylation sites (tertiary alicyclic amines) is 2. The topological polar surface area (TPSA) is 35.6 Å². The van der Waals surface area contributed by atoms with Crippen molar-refractivity contribution in [2.24, 2.45) is 5.92 Å². The Morgan fingerprint density at radius 3 is 2.37 bits per heavy atom. The van der Waals surface area contributed by atoms with E-state index in [-0.39, 0.29) is 5.91 Å². The Morgan fingerprint density at radius 1 is 0.900 bits per heavy atom. The van der Waals surface area contributed by atoms with Gasteiger partial charge in [0.2, 0.25) is 0 Å². The summed E-state index contributed by atoms with van der Waals surface area (Å²) in [5, 5.41) is 3.08. The third-order valence-corrected chi connectivity index (χ3v) is 6.41. The first kappa shape index (κ1) is 21.1. The summed E-state index contributed by atoms with van der Waals surface area (Å²) in [6.45, 7) is 9.68. The second-order valence-electron chi connectivity index (χ2n) is 9.17. The molecule has 2 aliphatic heterocycles. The number of rotatable bonds is 7. The zero-order chi connectivity index (χ0) is 20.8. The predicted octanol–water partition coefficient (Wildman–Crippen LogP) is 4.44. The van der Waals surface area contributed by atoms with Gasteiger partial charge in [0.1, 0.15) is 0 Å². The quantitative estimate of drug-likeness (QED) is 0.739. The summed E-state index contributed by atoms with van der Waals surface area (Å²) in [5.74, 6) is 0.793. The van der Waals surface area contributed by atoms with Crippen LogP contribution in [-0.2, 0) is 19.6 Å². The van der Waals surface area contributed by atoms with E-state index in [2.05, 4.69) is 58.4 Å². The minimum absolute atomic E-state index is 0.00187. The Bertz CT molecular complexity index is 826. The van der Waals surface area contributed by atoms with Crippen LogP contribution in [0.4, 0.5) is 0 Å². The Hall–Kier alpha value is -2.17. The average Bonchev–Trinajstić information content (AvgIpc) is 3.26. The van der Waals surface area contributed by atoms with E-state index in [9.17, 15) is 4.79 Å². The second kappa shape index (κ2) is 10.2. The fraction of sp³-hybridized carbons (Fsp3) is 0.500. The third kappa shape index (κ3) is 5.93. The van der Waals surface area contributed by atoms with Gasteiger partial charge in [-0.05, 0) is 80.1 Å². The summed E-state index contributed by atoms with van der Waals surface area (Å²) < 4.78 is 0. The van der Waals surface area contributed by atoms with Crippen molar-refractivity contribution >= 4 is 5.91 Å². The van der Waals surface area contributed by atoms with E-state index >= 15 is 0 Å². The highest BCUT2D eigenvalue weighted by atomic mass is 16.1. The van der Waals surface area contributed by atoms with Gasteiger partial charge in [-0.2, -0.15) is 0 Å². The Balaban J connectivity index is 1.28. The van der Waals surface area contributed by atoms with Crippen LogP contribution in [0, 0.1) is 5.92 Å². The molecular weight excluding hydrogens is 370 g/mol. The molecule has 4 rings (SSSR count). The molecule has 2 heterocycles. The molecule has 2 fully saturated rings. The highest BCUT2D eigenvalue weighted by Gasteiger charge is 2.16. The predicted molar refractivity (Wildman–Crippen MR) is 122 cm³/mol. The van der Waals surface area contributed by atoms with Crippen molar-refractivity contribution in [1.82, 2.24) is 15.1 Å². The first-order valence-electron chi connectivity index (χ1n) is 11.6. The molecule has 0 spiro atoms. The van der Waals surface area contributed by atoms with Crippen molar-refractivity contribution in [1.29, 1.82) is 0 Å². The van der Waals surface area contributed by atoms with E-state index in [1.54, 1.807) is 0 Å². The lowest BCUT2D eigenvalue weighted by Crippen LogP contribution is -2.33. The summed E-state index contributed by atoms with van der Waals surface area (Å²) in [6.07, 6.45) is 5.26. The number of benzene rings is 2. The van der Waals surface area contributed by atoms with Crippen LogP contribution in [0.25, 0.3) is 0 Å². The number of hydrogen-bond acceptors (Lipinski definition) is 3. The number of piperidine rings is 1. The smallest absolute Gasteiger partial charge is 0.251 e. The van der Waals surface area contributed by atoms with E-state index in [0.717, 1.165) is 30.1 Å². The number of carbonyl (C=O) groups is 1. The van der Waals surface area contributed by atoms with Crippen LogP contribution in [0.2, 0.25) is 0 Å². The molecule has 30 heavy (non-hydrogen) atoms. The zero-order valence-corrected chi connectivity index (χ0v) is 18.3. The lowest BCUT2D eigenvalue weighted by molar-refractivity contribution is 0.0951. The van der Waals surface area contributed by atoms with Crippen molar-refractivity contribution < 1.29 is 4.79 Å². The van der Waals surface area contributed by atoms with Crippen LogP contribution in [0.1, 0.15) is 59.7 Å². The molecule has 1 unspecified atom stereocenters. The molecule has 1 N–H and O–H groups in total. The molecule has 0 radical (unpaired) electrons. The number of hydrogen-bond donors (Lipinski definition) is 1. The average molecular weight is 406 g/mol. The van der Waals surface area contributed by atoms with Crippen LogP contribution in [-0.4, -0.2) is 41.9 Å². The van der Waals surface area contributed by atoms with Gasteiger partial charge in [-0.3, -0.25) is 14.6 Å². The van der Waals surface area contributed by atoms with Gasteiger partial charge in [-0.25, -0.2) is 0 Å². The molecular formula is C26H35N3O. The van der Waals surface area contributed by atoms with Crippen LogP contribution >= 0.6 is 0 Å². The highest BCUT2D eigenvalue weighted by Crippen LogP contribution is 2.18. The Morgan fingerprint density at radius 2 is 1.60 bits per heavy atom. The van der Waals surface area contributed by atoms with Gasteiger partial charge >= 0.3 is 0 Å². The van der Waals surface area contributed by atoms with Crippen LogP contribution in [0.3, 0.4) is 0 Å². The van der Waals surface area contributed by atoms with E-state index in [4.69, 9.17) is 0 Å². The van der Waals surface area contributed by atoms with Crippen molar-refractivity contribution in [3.05, 3.63) is 70.8 Å². The summed E-state index contributed by atoms with van der Waals surface area (Å²) in [5.41, 5.74) is 4.52. The summed E-state index contributed by atoms with van der Waals surface area (Å²) in [7, 11) is 0. The maximum atomic E-state index is 12.6. The molecule has 4 heteroatoms. The summed E-state index contributed by atoms with van der Waals surface area (Å²) >= 11 is 0. The van der Waals surface area contributed by atoms with Crippen LogP contribution in [0.15, 0.2) is 48.5 Å². The summed E-state index contributed by atoms with van der Waals surface area (Å²) in [6, 6.07) is 16.7. The molecule has 4 nitrogen and oxygen atoms in total. The van der Waals surface area contributed by atoms with E-state index in [1.807, 2.05) is 12.1 Å². The highest BCUT2D eigenvalue weighted by molar-refractivity contribution is 5.94. The minimum atomic E-state index is -0.00187.